The molecule has 7 nitrogen and oxygen atoms in total. The standard InChI is InChI=1S/C20H26N4O3/c25-18(21-11-15-10-20(13-23-15)5-7-27-8-6-20)12-22-19(26)17-9-14-3-1-2-4-16(14)24-17/h1-4,9,15,23-24H,5-8,10-13H2,(H,21,25)(H,22,26). The first-order valence-corrected chi connectivity index (χ1v) is 9.57. The molecule has 144 valence electrons. The fourth-order valence-corrected chi connectivity index (χ4v) is 4.11. The van der Waals surface area contributed by atoms with Crippen LogP contribution in [0.25, 0.3) is 10.9 Å². The molecule has 27 heavy (non-hydrogen) atoms. The lowest BCUT2D eigenvalue weighted by Gasteiger charge is -2.32. The Morgan fingerprint density at radius 3 is 2.81 bits per heavy atom. The number of carbonyl (C=O) groups excluding carboxylic acids is 2. The SMILES string of the molecule is O=C(CNC(=O)c1cc2ccccc2[nH]1)NCC1CC2(CCOCC2)CN1. The minimum absolute atomic E-state index is 0.0279. The van der Waals surface area contributed by atoms with Crippen LogP contribution in [0, 0.1) is 5.41 Å². The van der Waals surface area contributed by atoms with Crippen molar-refractivity contribution in [2.45, 2.75) is 25.3 Å². The Bertz CT molecular complexity index is 792. The largest absolute Gasteiger partial charge is 0.381 e. The van der Waals surface area contributed by atoms with Crippen LogP contribution in [0.5, 0.6) is 0 Å². The summed E-state index contributed by atoms with van der Waals surface area (Å²) in [6.45, 7) is 3.22. The van der Waals surface area contributed by atoms with Gasteiger partial charge in [-0.15, -0.1) is 0 Å². The first kappa shape index (κ1) is 18.0. The summed E-state index contributed by atoms with van der Waals surface area (Å²) in [7, 11) is 0. The maximum atomic E-state index is 12.2. The first-order valence-electron chi connectivity index (χ1n) is 9.57. The molecule has 3 heterocycles. The summed E-state index contributed by atoms with van der Waals surface area (Å²) >= 11 is 0. The van der Waals surface area contributed by atoms with E-state index in [1.54, 1.807) is 6.07 Å². The number of ether oxygens (including phenoxy) is 1. The molecule has 0 saturated carbocycles. The molecule has 1 spiro atoms. The number of nitrogens with one attached hydrogen (secondary N) is 4. The molecule has 7 heteroatoms. The highest BCUT2D eigenvalue weighted by atomic mass is 16.5. The summed E-state index contributed by atoms with van der Waals surface area (Å²) in [5.41, 5.74) is 1.70. The van der Waals surface area contributed by atoms with Crippen molar-refractivity contribution in [3.63, 3.8) is 0 Å². The van der Waals surface area contributed by atoms with Crippen molar-refractivity contribution in [1.82, 2.24) is 20.9 Å². The van der Waals surface area contributed by atoms with Gasteiger partial charge in [0.2, 0.25) is 5.91 Å². The molecule has 0 aliphatic carbocycles. The highest BCUT2D eigenvalue weighted by Gasteiger charge is 2.39. The van der Waals surface area contributed by atoms with E-state index in [4.69, 9.17) is 4.74 Å². The fraction of sp³-hybridized carbons (Fsp3) is 0.500. The quantitative estimate of drug-likeness (QED) is 0.635. The minimum Gasteiger partial charge on any atom is -0.381 e. The molecule has 2 amide bonds. The van der Waals surface area contributed by atoms with Crippen LogP contribution in [-0.2, 0) is 9.53 Å². The van der Waals surface area contributed by atoms with Crippen LogP contribution < -0.4 is 16.0 Å². The van der Waals surface area contributed by atoms with Crippen molar-refractivity contribution in [3.05, 3.63) is 36.0 Å². The van der Waals surface area contributed by atoms with Gasteiger partial charge in [-0.05, 0) is 36.8 Å². The highest BCUT2D eigenvalue weighted by Crippen LogP contribution is 2.38. The molecule has 2 fully saturated rings. The second-order valence-electron chi connectivity index (χ2n) is 7.65. The van der Waals surface area contributed by atoms with Crippen LogP contribution in [0.15, 0.2) is 30.3 Å². The van der Waals surface area contributed by atoms with Gasteiger partial charge >= 0.3 is 0 Å². The average Bonchev–Trinajstić information content (AvgIpc) is 3.29. The predicted molar refractivity (Wildman–Crippen MR) is 103 cm³/mol. The van der Waals surface area contributed by atoms with Crippen molar-refractivity contribution >= 4 is 22.7 Å². The lowest BCUT2D eigenvalue weighted by Crippen LogP contribution is -2.42. The summed E-state index contributed by atoms with van der Waals surface area (Å²) in [6.07, 6.45) is 3.24. The maximum Gasteiger partial charge on any atom is 0.268 e. The molecule has 1 atom stereocenters. The first-order chi connectivity index (χ1) is 13.1. The molecule has 2 saturated heterocycles. The van der Waals surface area contributed by atoms with Crippen LogP contribution in [0.3, 0.4) is 0 Å². The lowest BCUT2D eigenvalue weighted by atomic mass is 9.78. The topological polar surface area (TPSA) is 95.2 Å². The third kappa shape index (κ3) is 4.14. The molecule has 4 rings (SSSR count). The highest BCUT2D eigenvalue weighted by molar-refractivity contribution is 5.99. The minimum atomic E-state index is -0.276. The zero-order chi connectivity index (χ0) is 18.7. The Morgan fingerprint density at radius 2 is 2.00 bits per heavy atom. The number of carbonyl (C=O) groups is 2. The summed E-state index contributed by atoms with van der Waals surface area (Å²) < 4.78 is 5.46. The molecule has 0 bridgehead atoms. The average molecular weight is 370 g/mol. The van der Waals surface area contributed by atoms with E-state index in [0.717, 1.165) is 49.9 Å². The number of aromatic amines is 1. The number of fused-ring (bicyclic) bond motifs is 1. The number of aromatic nitrogens is 1. The second kappa shape index (κ2) is 7.70. The van der Waals surface area contributed by atoms with E-state index in [0.29, 0.717) is 17.7 Å². The van der Waals surface area contributed by atoms with Gasteiger partial charge in [0.15, 0.2) is 0 Å². The monoisotopic (exact) mass is 370 g/mol. The van der Waals surface area contributed by atoms with Crippen molar-refractivity contribution in [1.29, 1.82) is 0 Å². The number of H-pyrrole nitrogens is 1. The molecule has 2 aromatic rings. The Labute approximate surface area is 158 Å². The van der Waals surface area contributed by atoms with Gasteiger partial charge in [0.05, 0.1) is 6.54 Å². The zero-order valence-electron chi connectivity index (χ0n) is 15.3. The van der Waals surface area contributed by atoms with Crippen LogP contribution >= 0.6 is 0 Å². The molecule has 4 N–H and O–H groups in total. The van der Waals surface area contributed by atoms with E-state index < -0.39 is 0 Å². The van der Waals surface area contributed by atoms with Crippen LogP contribution in [0.2, 0.25) is 0 Å². The zero-order valence-corrected chi connectivity index (χ0v) is 15.3. The third-order valence-corrected chi connectivity index (χ3v) is 5.73. The Hall–Kier alpha value is -2.38. The number of benzene rings is 1. The summed E-state index contributed by atoms with van der Waals surface area (Å²) in [5, 5.41) is 10.1. The van der Waals surface area contributed by atoms with Crippen molar-refractivity contribution in [3.8, 4) is 0 Å². The number of amides is 2. The number of hydrogen-bond acceptors (Lipinski definition) is 4. The summed E-state index contributed by atoms with van der Waals surface area (Å²) in [5.74, 6) is -0.448. The second-order valence-corrected chi connectivity index (χ2v) is 7.65. The lowest BCUT2D eigenvalue weighted by molar-refractivity contribution is -0.120. The molecule has 0 radical (unpaired) electrons. The van der Waals surface area contributed by atoms with E-state index in [1.807, 2.05) is 24.3 Å². The molecular formula is C20H26N4O3. The normalized spacial score (nSPS) is 21.4. The molecule has 2 aliphatic rings. The van der Waals surface area contributed by atoms with Gasteiger partial charge in [-0.25, -0.2) is 0 Å². The maximum absolute atomic E-state index is 12.2. The predicted octanol–water partition coefficient (Wildman–Crippen LogP) is 1.17. The van der Waals surface area contributed by atoms with Gasteiger partial charge in [0, 0.05) is 43.2 Å². The molecule has 1 aromatic heterocycles. The Morgan fingerprint density at radius 1 is 1.19 bits per heavy atom. The van der Waals surface area contributed by atoms with E-state index >= 15 is 0 Å². The van der Waals surface area contributed by atoms with Crippen LogP contribution in [0.4, 0.5) is 0 Å². The van der Waals surface area contributed by atoms with E-state index in [-0.39, 0.29) is 24.4 Å². The van der Waals surface area contributed by atoms with Gasteiger partial charge in [-0.3, -0.25) is 9.59 Å². The third-order valence-electron chi connectivity index (χ3n) is 5.73. The number of rotatable bonds is 5. The summed E-state index contributed by atoms with van der Waals surface area (Å²) in [4.78, 5) is 27.4. The van der Waals surface area contributed by atoms with Crippen LogP contribution in [0.1, 0.15) is 29.8 Å². The van der Waals surface area contributed by atoms with Crippen molar-refractivity contribution in [2.24, 2.45) is 5.41 Å². The Balaban J connectivity index is 1.21. The number of hydrogen-bond donors (Lipinski definition) is 4. The fourth-order valence-electron chi connectivity index (χ4n) is 4.11. The molecule has 1 aromatic carbocycles. The van der Waals surface area contributed by atoms with Gasteiger partial charge < -0.3 is 25.7 Å². The summed E-state index contributed by atoms with van der Waals surface area (Å²) in [6, 6.07) is 9.77. The van der Waals surface area contributed by atoms with E-state index in [2.05, 4.69) is 20.9 Å². The van der Waals surface area contributed by atoms with Gasteiger partial charge in [-0.1, -0.05) is 18.2 Å². The Kier molecular flexibility index (Phi) is 5.13. The van der Waals surface area contributed by atoms with Crippen molar-refractivity contribution < 1.29 is 14.3 Å². The molecular weight excluding hydrogens is 344 g/mol. The molecule has 1 unspecified atom stereocenters. The van der Waals surface area contributed by atoms with Crippen LogP contribution in [-0.4, -0.2) is 55.7 Å². The number of para-hydroxylation sites is 1. The van der Waals surface area contributed by atoms with Gasteiger partial charge in [0.1, 0.15) is 5.69 Å². The smallest absolute Gasteiger partial charge is 0.268 e. The van der Waals surface area contributed by atoms with E-state index in [1.165, 1.54) is 0 Å². The van der Waals surface area contributed by atoms with Crippen molar-refractivity contribution in [2.75, 3.05) is 32.8 Å². The van der Waals surface area contributed by atoms with E-state index in [9.17, 15) is 9.59 Å². The van der Waals surface area contributed by atoms with Gasteiger partial charge in [0.25, 0.3) is 5.91 Å². The molecule has 2 aliphatic heterocycles. The van der Waals surface area contributed by atoms with Gasteiger partial charge in [-0.2, -0.15) is 0 Å².